The third kappa shape index (κ3) is 5.07. The number of rotatable bonds is 4. The van der Waals surface area contributed by atoms with E-state index in [2.05, 4.69) is 26.8 Å². The Balaban J connectivity index is 1.86. The van der Waals surface area contributed by atoms with Gasteiger partial charge in [0.15, 0.2) is 6.10 Å². The molecule has 0 bridgehead atoms. The average molecular weight is 381 g/mol. The van der Waals surface area contributed by atoms with Crippen LogP contribution < -0.4 is 15.6 Å². The molecule has 0 fully saturated rings. The van der Waals surface area contributed by atoms with Crippen LogP contribution in [-0.4, -0.2) is 17.9 Å². The van der Waals surface area contributed by atoms with Gasteiger partial charge >= 0.3 is 0 Å². The van der Waals surface area contributed by atoms with Crippen LogP contribution in [0.4, 0.5) is 4.39 Å². The normalized spacial score (nSPS) is 11.4. The second kappa shape index (κ2) is 7.73. The van der Waals surface area contributed by atoms with Gasteiger partial charge in [0.05, 0.1) is 0 Å². The minimum atomic E-state index is -0.858. The molecule has 0 unspecified atom stereocenters. The van der Waals surface area contributed by atoms with Crippen LogP contribution in [0.2, 0.25) is 0 Å². The smallest absolute Gasteiger partial charge is 0.279 e. The summed E-state index contributed by atoms with van der Waals surface area (Å²) in [4.78, 5) is 23.8. The maximum Gasteiger partial charge on any atom is 0.279 e. The van der Waals surface area contributed by atoms with Crippen LogP contribution in [0.15, 0.2) is 53.0 Å². The van der Waals surface area contributed by atoms with E-state index >= 15 is 0 Å². The first-order valence-electron chi connectivity index (χ1n) is 6.73. The van der Waals surface area contributed by atoms with Gasteiger partial charge in [-0.25, -0.2) is 4.39 Å². The molecule has 7 heteroatoms. The highest BCUT2D eigenvalue weighted by Gasteiger charge is 2.16. The van der Waals surface area contributed by atoms with Crippen molar-refractivity contribution in [2.24, 2.45) is 0 Å². The maximum atomic E-state index is 12.8. The third-order valence-corrected chi connectivity index (χ3v) is 3.38. The van der Waals surface area contributed by atoms with Gasteiger partial charge in [0.1, 0.15) is 11.6 Å². The largest absolute Gasteiger partial charge is 0.481 e. The molecule has 0 aliphatic carbocycles. The molecule has 5 nitrogen and oxygen atoms in total. The van der Waals surface area contributed by atoms with Crippen LogP contribution in [-0.2, 0) is 4.79 Å². The Morgan fingerprint density at radius 1 is 1.13 bits per heavy atom. The summed E-state index contributed by atoms with van der Waals surface area (Å²) < 4.78 is 18.9. The summed E-state index contributed by atoms with van der Waals surface area (Å²) in [6, 6.07) is 12.0. The number of carbonyl (C=O) groups excluding carboxylic acids is 2. The van der Waals surface area contributed by atoms with Gasteiger partial charge in [0, 0.05) is 10.0 Å². The Kier molecular flexibility index (Phi) is 5.70. The molecule has 2 N–H and O–H groups in total. The van der Waals surface area contributed by atoms with Crippen LogP contribution in [0, 0.1) is 5.82 Å². The van der Waals surface area contributed by atoms with Crippen molar-refractivity contribution < 1.29 is 18.7 Å². The van der Waals surface area contributed by atoms with Gasteiger partial charge < -0.3 is 4.74 Å². The molecule has 0 saturated heterocycles. The lowest BCUT2D eigenvalue weighted by Crippen LogP contribution is -2.47. The third-order valence-electron chi connectivity index (χ3n) is 2.88. The fourth-order valence-electron chi connectivity index (χ4n) is 1.69. The van der Waals surface area contributed by atoms with Crippen LogP contribution in [0.1, 0.15) is 17.3 Å². The first-order valence-corrected chi connectivity index (χ1v) is 7.53. The van der Waals surface area contributed by atoms with Gasteiger partial charge in [-0.2, -0.15) is 0 Å². The maximum absolute atomic E-state index is 12.8. The lowest BCUT2D eigenvalue weighted by Gasteiger charge is -2.15. The summed E-state index contributed by atoms with van der Waals surface area (Å²) >= 11 is 3.26. The Bertz CT molecular complexity index is 707. The van der Waals surface area contributed by atoms with Gasteiger partial charge in [-0.05, 0) is 49.4 Å². The summed E-state index contributed by atoms with van der Waals surface area (Å²) in [5, 5.41) is 0. The lowest BCUT2D eigenvalue weighted by molar-refractivity contribution is -0.128. The minimum absolute atomic E-state index is 0.354. The second-order valence-electron chi connectivity index (χ2n) is 4.67. The average Bonchev–Trinajstić information content (AvgIpc) is 2.54. The number of halogens is 2. The van der Waals surface area contributed by atoms with E-state index in [4.69, 9.17) is 4.74 Å². The quantitative estimate of drug-likeness (QED) is 0.801. The van der Waals surface area contributed by atoms with Crippen molar-refractivity contribution in [1.82, 2.24) is 10.9 Å². The standard InChI is InChI=1S/C16H14BrFN2O3/c1-10(23-14-7-5-13(18)6-8-14)15(21)19-20-16(22)11-3-2-4-12(17)9-11/h2-10H,1H3,(H,19,21)(H,20,22)/t10-/m1/s1. The van der Waals surface area contributed by atoms with Crippen molar-refractivity contribution in [3.05, 3.63) is 64.4 Å². The highest BCUT2D eigenvalue weighted by atomic mass is 79.9. The molecule has 120 valence electrons. The van der Waals surface area contributed by atoms with Crippen molar-refractivity contribution in [2.75, 3.05) is 0 Å². The van der Waals surface area contributed by atoms with Crippen LogP contribution in [0.5, 0.6) is 5.75 Å². The monoisotopic (exact) mass is 380 g/mol. The molecule has 0 saturated carbocycles. The van der Waals surface area contributed by atoms with Crippen LogP contribution in [0.3, 0.4) is 0 Å². The first-order chi connectivity index (χ1) is 11.0. The van der Waals surface area contributed by atoms with Crippen molar-refractivity contribution in [2.45, 2.75) is 13.0 Å². The molecular formula is C16H14BrFN2O3. The van der Waals surface area contributed by atoms with Gasteiger partial charge in [0.2, 0.25) is 0 Å². The molecular weight excluding hydrogens is 367 g/mol. The van der Waals surface area contributed by atoms with E-state index in [1.165, 1.54) is 31.2 Å². The number of hydrogen-bond acceptors (Lipinski definition) is 3. The van der Waals surface area contributed by atoms with Crippen LogP contribution in [0.25, 0.3) is 0 Å². The van der Waals surface area contributed by atoms with Gasteiger partial charge in [-0.3, -0.25) is 20.4 Å². The second-order valence-corrected chi connectivity index (χ2v) is 5.58. The highest BCUT2D eigenvalue weighted by molar-refractivity contribution is 9.10. The fraction of sp³-hybridized carbons (Fsp3) is 0.125. The van der Waals surface area contributed by atoms with Gasteiger partial charge in [-0.1, -0.05) is 22.0 Å². The predicted molar refractivity (Wildman–Crippen MR) is 86.2 cm³/mol. The van der Waals surface area contributed by atoms with E-state index in [1.807, 2.05) is 0 Å². The Morgan fingerprint density at radius 2 is 1.83 bits per heavy atom. The molecule has 0 spiro atoms. The molecule has 0 heterocycles. The molecule has 2 rings (SSSR count). The Labute approximate surface area is 140 Å². The fourth-order valence-corrected chi connectivity index (χ4v) is 2.09. The topological polar surface area (TPSA) is 67.4 Å². The van der Waals surface area contributed by atoms with E-state index in [0.717, 1.165) is 4.47 Å². The Morgan fingerprint density at radius 3 is 2.48 bits per heavy atom. The first kappa shape index (κ1) is 17.0. The summed E-state index contributed by atoms with van der Waals surface area (Å²) in [6.07, 6.45) is -0.858. The highest BCUT2D eigenvalue weighted by Crippen LogP contribution is 2.13. The molecule has 1 atom stereocenters. The molecule has 0 aromatic heterocycles. The summed E-state index contributed by atoms with van der Waals surface area (Å²) in [5.74, 6) is -1.02. The number of hydrogen-bond donors (Lipinski definition) is 2. The number of carbonyl (C=O) groups is 2. The number of amides is 2. The van der Waals surface area contributed by atoms with Crippen LogP contribution >= 0.6 is 15.9 Å². The van der Waals surface area contributed by atoms with E-state index in [0.29, 0.717) is 11.3 Å². The number of ether oxygens (including phenoxy) is 1. The van der Waals surface area contributed by atoms with Crippen molar-refractivity contribution in [3.8, 4) is 5.75 Å². The summed E-state index contributed by atoms with van der Waals surface area (Å²) in [6.45, 7) is 1.52. The molecule has 2 amide bonds. The minimum Gasteiger partial charge on any atom is -0.481 e. The van der Waals surface area contributed by atoms with E-state index in [9.17, 15) is 14.0 Å². The van der Waals surface area contributed by atoms with Crippen molar-refractivity contribution >= 4 is 27.7 Å². The Hall–Kier alpha value is -2.41. The number of hydrazine groups is 1. The molecule has 0 radical (unpaired) electrons. The molecule has 2 aromatic carbocycles. The summed E-state index contributed by atoms with van der Waals surface area (Å²) in [7, 11) is 0. The van der Waals surface area contributed by atoms with Gasteiger partial charge in [-0.15, -0.1) is 0 Å². The zero-order chi connectivity index (χ0) is 16.8. The zero-order valence-corrected chi connectivity index (χ0v) is 13.8. The summed E-state index contributed by atoms with van der Waals surface area (Å²) in [5.41, 5.74) is 4.98. The molecule has 0 aliphatic heterocycles. The lowest BCUT2D eigenvalue weighted by atomic mass is 10.2. The number of nitrogens with one attached hydrogen (secondary N) is 2. The van der Waals surface area contributed by atoms with E-state index in [1.54, 1.807) is 24.3 Å². The van der Waals surface area contributed by atoms with Crippen molar-refractivity contribution in [3.63, 3.8) is 0 Å². The molecule has 2 aromatic rings. The predicted octanol–water partition coefficient (Wildman–Crippen LogP) is 2.82. The van der Waals surface area contributed by atoms with Gasteiger partial charge in [0.25, 0.3) is 11.8 Å². The SMILES string of the molecule is C[C@@H](Oc1ccc(F)cc1)C(=O)NNC(=O)c1cccc(Br)c1. The van der Waals surface area contributed by atoms with Crippen molar-refractivity contribution in [1.29, 1.82) is 0 Å². The molecule has 23 heavy (non-hydrogen) atoms. The van der Waals surface area contributed by atoms with E-state index in [-0.39, 0.29) is 0 Å². The van der Waals surface area contributed by atoms with E-state index < -0.39 is 23.7 Å². The molecule has 0 aliphatic rings. The zero-order valence-electron chi connectivity index (χ0n) is 12.2. The number of benzene rings is 2.